The highest BCUT2D eigenvalue weighted by molar-refractivity contribution is 5.79. The molecule has 0 aliphatic carbocycles. The zero-order valence-corrected chi connectivity index (χ0v) is 13.7. The Morgan fingerprint density at radius 1 is 1.10 bits per heavy atom. The summed E-state index contributed by atoms with van der Waals surface area (Å²) in [6.45, 7) is 2.94. The van der Waals surface area contributed by atoms with Crippen LogP contribution in [0.3, 0.4) is 0 Å². The molecular formula is C16H27N5. The van der Waals surface area contributed by atoms with E-state index in [2.05, 4.69) is 27.0 Å². The second kappa shape index (κ2) is 7.29. The molecule has 0 N–H and O–H groups in total. The van der Waals surface area contributed by atoms with Crippen molar-refractivity contribution in [1.29, 1.82) is 0 Å². The van der Waals surface area contributed by atoms with Crippen LogP contribution in [0.5, 0.6) is 0 Å². The van der Waals surface area contributed by atoms with Crippen LogP contribution in [0.1, 0.15) is 24.8 Å². The van der Waals surface area contributed by atoms with E-state index >= 15 is 0 Å². The first-order valence-corrected chi connectivity index (χ1v) is 7.67. The second-order valence-electron chi connectivity index (χ2n) is 5.98. The van der Waals surface area contributed by atoms with Gasteiger partial charge in [-0.25, -0.2) is 9.98 Å². The van der Waals surface area contributed by atoms with E-state index in [1.165, 1.54) is 19.3 Å². The molecule has 116 valence electrons. The SMILES string of the molecule is CN(C)C(=NCc1ccc(N2CCCCC2)nc1)N(C)C. The van der Waals surface area contributed by atoms with Crippen LogP contribution < -0.4 is 4.90 Å². The Labute approximate surface area is 128 Å². The summed E-state index contributed by atoms with van der Waals surface area (Å²) in [5.41, 5.74) is 1.15. The van der Waals surface area contributed by atoms with Crippen LogP contribution in [0.2, 0.25) is 0 Å². The number of nitrogens with zero attached hydrogens (tertiary/aromatic N) is 5. The molecule has 5 heteroatoms. The fraction of sp³-hybridized carbons (Fsp3) is 0.625. The van der Waals surface area contributed by atoms with Gasteiger partial charge in [-0.15, -0.1) is 0 Å². The van der Waals surface area contributed by atoms with Gasteiger partial charge in [0, 0.05) is 47.5 Å². The minimum Gasteiger partial charge on any atom is -0.357 e. The van der Waals surface area contributed by atoms with Gasteiger partial charge >= 0.3 is 0 Å². The highest BCUT2D eigenvalue weighted by Gasteiger charge is 2.11. The molecule has 2 heterocycles. The average Bonchev–Trinajstić information content (AvgIpc) is 2.48. The molecule has 2 rings (SSSR count). The molecule has 1 fully saturated rings. The van der Waals surface area contributed by atoms with E-state index in [0.717, 1.165) is 30.4 Å². The van der Waals surface area contributed by atoms with Gasteiger partial charge in [0.05, 0.1) is 6.54 Å². The third-order valence-corrected chi connectivity index (χ3v) is 3.69. The van der Waals surface area contributed by atoms with Crippen molar-refractivity contribution in [2.75, 3.05) is 46.2 Å². The van der Waals surface area contributed by atoms with Crippen LogP contribution in [-0.4, -0.2) is 62.0 Å². The van der Waals surface area contributed by atoms with Crippen molar-refractivity contribution in [3.63, 3.8) is 0 Å². The van der Waals surface area contributed by atoms with Gasteiger partial charge in [-0.1, -0.05) is 6.07 Å². The van der Waals surface area contributed by atoms with E-state index in [1.54, 1.807) is 0 Å². The van der Waals surface area contributed by atoms with Crippen molar-refractivity contribution < 1.29 is 0 Å². The fourth-order valence-electron chi connectivity index (χ4n) is 2.67. The zero-order valence-electron chi connectivity index (χ0n) is 13.7. The molecule has 1 aromatic heterocycles. The molecule has 0 unspecified atom stereocenters. The topological polar surface area (TPSA) is 35.0 Å². The number of pyridine rings is 1. The molecule has 1 saturated heterocycles. The quantitative estimate of drug-likeness (QED) is 0.630. The second-order valence-corrected chi connectivity index (χ2v) is 5.98. The lowest BCUT2D eigenvalue weighted by Gasteiger charge is -2.27. The maximum absolute atomic E-state index is 4.65. The number of guanidine groups is 1. The van der Waals surface area contributed by atoms with Gasteiger partial charge in [-0.3, -0.25) is 0 Å². The highest BCUT2D eigenvalue weighted by atomic mass is 15.3. The summed E-state index contributed by atoms with van der Waals surface area (Å²) in [6, 6.07) is 4.27. The summed E-state index contributed by atoms with van der Waals surface area (Å²) in [4.78, 5) is 15.7. The minimum absolute atomic E-state index is 0.666. The number of aromatic nitrogens is 1. The number of hydrogen-bond acceptors (Lipinski definition) is 3. The van der Waals surface area contributed by atoms with E-state index in [0.29, 0.717) is 6.54 Å². The smallest absolute Gasteiger partial charge is 0.195 e. The van der Waals surface area contributed by atoms with Gasteiger partial charge in [-0.05, 0) is 30.9 Å². The number of hydrogen-bond donors (Lipinski definition) is 0. The third kappa shape index (κ3) is 4.34. The largest absolute Gasteiger partial charge is 0.357 e. The molecule has 0 amide bonds. The van der Waals surface area contributed by atoms with Crippen molar-refractivity contribution in [2.45, 2.75) is 25.8 Å². The summed E-state index contributed by atoms with van der Waals surface area (Å²) >= 11 is 0. The number of anilines is 1. The molecule has 0 bridgehead atoms. The van der Waals surface area contributed by atoms with Crippen LogP contribution >= 0.6 is 0 Å². The standard InChI is InChI=1S/C16H27N5/c1-19(2)16(20(3)4)18-13-14-8-9-15(17-12-14)21-10-6-5-7-11-21/h8-9,12H,5-7,10-11,13H2,1-4H3. The van der Waals surface area contributed by atoms with Gasteiger partial charge in [-0.2, -0.15) is 0 Å². The third-order valence-electron chi connectivity index (χ3n) is 3.69. The Kier molecular flexibility index (Phi) is 5.42. The highest BCUT2D eigenvalue weighted by Crippen LogP contribution is 2.17. The number of rotatable bonds is 3. The van der Waals surface area contributed by atoms with E-state index < -0.39 is 0 Å². The molecule has 0 spiro atoms. The van der Waals surface area contributed by atoms with Crippen LogP contribution in [-0.2, 0) is 6.54 Å². The normalized spacial score (nSPS) is 14.8. The molecule has 0 radical (unpaired) electrons. The molecule has 0 saturated carbocycles. The molecule has 21 heavy (non-hydrogen) atoms. The Bertz CT molecular complexity index is 448. The lowest BCUT2D eigenvalue weighted by molar-refractivity contribution is 0.479. The molecular weight excluding hydrogens is 262 g/mol. The first-order chi connectivity index (χ1) is 10.1. The van der Waals surface area contributed by atoms with Gasteiger partial charge in [0.1, 0.15) is 5.82 Å². The maximum Gasteiger partial charge on any atom is 0.195 e. The number of piperidine rings is 1. The number of aliphatic imine (C=N–C) groups is 1. The van der Waals surface area contributed by atoms with Crippen LogP contribution in [0.4, 0.5) is 5.82 Å². The van der Waals surface area contributed by atoms with Gasteiger partial charge in [0.25, 0.3) is 0 Å². The molecule has 1 aliphatic rings. The van der Waals surface area contributed by atoms with Crippen molar-refractivity contribution in [2.24, 2.45) is 4.99 Å². The lowest BCUT2D eigenvalue weighted by atomic mass is 10.1. The van der Waals surface area contributed by atoms with E-state index in [4.69, 9.17) is 0 Å². The monoisotopic (exact) mass is 289 g/mol. The van der Waals surface area contributed by atoms with Crippen LogP contribution in [0, 0.1) is 0 Å². The van der Waals surface area contributed by atoms with Crippen LogP contribution in [0.15, 0.2) is 23.3 Å². The molecule has 0 atom stereocenters. The Hall–Kier alpha value is -1.78. The first-order valence-electron chi connectivity index (χ1n) is 7.67. The fourth-order valence-corrected chi connectivity index (χ4v) is 2.67. The molecule has 1 aromatic rings. The van der Waals surface area contributed by atoms with E-state index in [1.807, 2.05) is 44.2 Å². The molecule has 0 aromatic carbocycles. The van der Waals surface area contributed by atoms with Crippen molar-refractivity contribution >= 4 is 11.8 Å². The van der Waals surface area contributed by atoms with E-state index in [-0.39, 0.29) is 0 Å². The molecule has 1 aliphatic heterocycles. The van der Waals surface area contributed by atoms with Crippen molar-refractivity contribution in [1.82, 2.24) is 14.8 Å². The Balaban J connectivity index is 2.00. The predicted octanol–water partition coefficient (Wildman–Crippen LogP) is 2.05. The Morgan fingerprint density at radius 2 is 1.76 bits per heavy atom. The summed E-state index contributed by atoms with van der Waals surface area (Å²) in [5.74, 6) is 2.07. The summed E-state index contributed by atoms with van der Waals surface area (Å²) in [5, 5.41) is 0. The average molecular weight is 289 g/mol. The molecule has 5 nitrogen and oxygen atoms in total. The Morgan fingerprint density at radius 3 is 2.29 bits per heavy atom. The van der Waals surface area contributed by atoms with Crippen molar-refractivity contribution in [3.05, 3.63) is 23.9 Å². The van der Waals surface area contributed by atoms with Gasteiger partial charge < -0.3 is 14.7 Å². The first kappa shape index (κ1) is 15.6. The van der Waals surface area contributed by atoms with Crippen LogP contribution in [0.25, 0.3) is 0 Å². The summed E-state index contributed by atoms with van der Waals surface area (Å²) in [7, 11) is 8.04. The van der Waals surface area contributed by atoms with E-state index in [9.17, 15) is 0 Å². The maximum atomic E-state index is 4.65. The zero-order chi connectivity index (χ0) is 15.2. The summed E-state index contributed by atoms with van der Waals surface area (Å²) < 4.78 is 0. The van der Waals surface area contributed by atoms with Gasteiger partial charge in [0.15, 0.2) is 5.96 Å². The van der Waals surface area contributed by atoms with Gasteiger partial charge in [0.2, 0.25) is 0 Å². The minimum atomic E-state index is 0.666. The van der Waals surface area contributed by atoms with Crippen molar-refractivity contribution in [3.8, 4) is 0 Å². The summed E-state index contributed by atoms with van der Waals surface area (Å²) in [6.07, 6.45) is 5.86. The predicted molar refractivity (Wildman–Crippen MR) is 88.8 cm³/mol. The lowest BCUT2D eigenvalue weighted by Crippen LogP contribution is -2.35.